The van der Waals surface area contributed by atoms with E-state index in [0.717, 1.165) is 16.7 Å². The first-order chi connectivity index (χ1) is 15.8. The molecule has 0 bridgehead atoms. The van der Waals surface area contributed by atoms with E-state index in [2.05, 4.69) is 5.32 Å². The Morgan fingerprint density at radius 1 is 1.03 bits per heavy atom. The predicted molar refractivity (Wildman–Crippen MR) is 136 cm³/mol. The molecule has 1 aliphatic heterocycles. The SMILES string of the molecule is CNC(=O)C1CN(CC(=O)c2cc(C(C)(C)C)c(O)c(C(C)(C)C)c2)C(=N)C1c1ccccc1. The summed E-state index contributed by atoms with van der Waals surface area (Å²) in [6, 6.07) is 13.1. The summed E-state index contributed by atoms with van der Waals surface area (Å²) in [6.45, 7) is 12.4. The number of hydrogen-bond donors (Lipinski definition) is 3. The Bertz CT molecular complexity index is 1060. The number of amides is 1. The van der Waals surface area contributed by atoms with Gasteiger partial charge in [-0.15, -0.1) is 0 Å². The van der Waals surface area contributed by atoms with Gasteiger partial charge in [-0.3, -0.25) is 15.0 Å². The van der Waals surface area contributed by atoms with Gasteiger partial charge in [-0.2, -0.15) is 0 Å². The minimum atomic E-state index is -0.442. The van der Waals surface area contributed by atoms with Crippen LogP contribution in [0, 0.1) is 11.3 Å². The van der Waals surface area contributed by atoms with Crippen molar-refractivity contribution in [3.63, 3.8) is 0 Å². The summed E-state index contributed by atoms with van der Waals surface area (Å²) in [6.07, 6.45) is 0. The van der Waals surface area contributed by atoms with Crippen molar-refractivity contribution in [1.29, 1.82) is 5.41 Å². The molecule has 1 saturated heterocycles. The van der Waals surface area contributed by atoms with Crippen LogP contribution in [0.5, 0.6) is 5.75 Å². The number of phenols is 1. The van der Waals surface area contributed by atoms with Crippen molar-refractivity contribution in [1.82, 2.24) is 10.2 Å². The molecule has 6 heteroatoms. The van der Waals surface area contributed by atoms with Gasteiger partial charge in [0, 0.05) is 30.3 Å². The van der Waals surface area contributed by atoms with Gasteiger partial charge in [0.2, 0.25) is 5.91 Å². The highest BCUT2D eigenvalue weighted by Gasteiger charge is 2.43. The topological polar surface area (TPSA) is 93.5 Å². The summed E-state index contributed by atoms with van der Waals surface area (Å²) in [7, 11) is 1.60. The molecule has 2 atom stereocenters. The number of rotatable bonds is 5. The summed E-state index contributed by atoms with van der Waals surface area (Å²) >= 11 is 0. The molecular weight excluding hydrogens is 426 g/mol. The lowest BCUT2D eigenvalue weighted by Gasteiger charge is -2.28. The van der Waals surface area contributed by atoms with Crippen molar-refractivity contribution in [3.05, 3.63) is 64.7 Å². The molecule has 0 aromatic heterocycles. The summed E-state index contributed by atoms with van der Waals surface area (Å²) in [4.78, 5) is 27.8. The first kappa shape index (κ1) is 25.5. The number of nitrogens with zero attached hydrogens (tertiary/aromatic N) is 1. The van der Waals surface area contributed by atoms with E-state index in [1.54, 1.807) is 24.1 Å². The van der Waals surface area contributed by atoms with Crippen molar-refractivity contribution in [3.8, 4) is 5.75 Å². The third-order valence-corrected chi connectivity index (χ3v) is 6.58. The van der Waals surface area contributed by atoms with Crippen LogP contribution in [0.25, 0.3) is 0 Å². The molecule has 182 valence electrons. The molecule has 1 amide bonds. The van der Waals surface area contributed by atoms with Crippen LogP contribution in [-0.2, 0) is 15.6 Å². The lowest BCUT2D eigenvalue weighted by molar-refractivity contribution is -0.124. The van der Waals surface area contributed by atoms with Gasteiger partial charge in [0.05, 0.1) is 18.4 Å². The maximum atomic E-state index is 13.5. The summed E-state index contributed by atoms with van der Waals surface area (Å²) in [5.74, 6) is -0.603. The molecule has 2 aromatic rings. The normalized spacial score (nSPS) is 18.8. The third-order valence-electron chi connectivity index (χ3n) is 6.58. The highest BCUT2D eigenvalue weighted by atomic mass is 16.3. The largest absolute Gasteiger partial charge is 0.507 e. The van der Waals surface area contributed by atoms with Crippen LogP contribution in [0.3, 0.4) is 0 Å². The van der Waals surface area contributed by atoms with E-state index in [1.165, 1.54) is 0 Å². The van der Waals surface area contributed by atoms with Gasteiger partial charge < -0.3 is 15.3 Å². The number of nitrogens with one attached hydrogen (secondary N) is 2. The fourth-order valence-corrected chi connectivity index (χ4v) is 4.65. The maximum Gasteiger partial charge on any atom is 0.225 e. The van der Waals surface area contributed by atoms with E-state index >= 15 is 0 Å². The molecule has 2 aromatic carbocycles. The number of carbonyl (C=O) groups excluding carboxylic acids is 2. The molecule has 3 rings (SSSR count). The minimum absolute atomic E-state index is 0.00754. The standard InChI is InChI=1S/C28H37N3O3/c1-27(2,3)20-13-18(14-21(24(20)33)28(4,5)6)22(32)16-31-15-19(26(34)30-7)23(25(31)29)17-11-9-8-10-12-17/h8-14,19,23,29,33H,15-16H2,1-7H3,(H,30,34). The van der Waals surface area contributed by atoms with E-state index in [-0.39, 0.29) is 40.7 Å². The average molecular weight is 464 g/mol. The van der Waals surface area contributed by atoms with Crippen LogP contribution in [0.2, 0.25) is 0 Å². The molecule has 0 aliphatic carbocycles. The maximum absolute atomic E-state index is 13.5. The quantitative estimate of drug-likeness (QED) is 0.565. The van der Waals surface area contributed by atoms with E-state index in [1.807, 2.05) is 71.9 Å². The van der Waals surface area contributed by atoms with Crippen LogP contribution in [-0.4, -0.2) is 47.7 Å². The number of ketones is 1. The molecule has 2 unspecified atom stereocenters. The molecule has 0 saturated carbocycles. The van der Waals surface area contributed by atoms with Crippen LogP contribution in [0.1, 0.15) is 74.5 Å². The van der Waals surface area contributed by atoms with Crippen molar-refractivity contribution in [2.75, 3.05) is 20.1 Å². The lowest BCUT2D eigenvalue weighted by Crippen LogP contribution is -2.34. The second-order valence-corrected chi connectivity index (χ2v) is 11.2. The van der Waals surface area contributed by atoms with Crippen molar-refractivity contribution in [2.45, 2.75) is 58.3 Å². The molecule has 34 heavy (non-hydrogen) atoms. The van der Waals surface area contributed by atoms with E-state index in [9.17, 15) is 14.7 Å². The number of carbonyl (C=O) groups is 2. The number of phenolic OH excluding ortho intramolecular Hbond substituents is 1. The summed E-state index contributed by atoms with van der Waals surface area (Å²) < 4.78 is 0. The Morgan fingerprint density at radius 3 is 2.03 bits per heavy atom. The second-order valence-electron chi connectivity index (χ2n) is 11.2. The molecule has 1 heterocycles. The summed E-state index contributed by atoms with van der Waals surface area (Å²) in [5, 5.41) is 22.5. The number of aromatic hydroxyl groups is 1. The second kappa shape index (κ2) is 9.24. The van der Waals surface area contributed by atoms with Crippen LogP contribution in [0.4, 0.5) is 0 Å². The van der Waals surface area contributed by atoms with E-state index < -0.39 is 11.8 Å². The van der Waals surface area contributed by atoms with Gasteiger partial charge in [0.25, 0.3) is 0 Å². The number of hydrogen-bond acceptors (Lipinski definition) is 4. The zero-order chi connectivity index (χ0) is 25.4. The van der Waals surface area contributed by atoms with Crippen molar-refractivity contribution >= 4 is 17.5 Å². The first-order valence-electron chi connectivity index (χ1n) is 11.8. The Hall–Kier alpha value is -3.15. The van der Waals surface area contributed by atoms with Crippen molar-refractivity contribution in [2.24, 2.45) is 5.92 Å². The van der Waals surface area contributed by atoms with Gasteiger partial charge in [0.15, 0.2) is 5.78 Å². The zero-order valence-corrected chi connectivity index (χ0v) is 21.3. The zero-order valence-electron chi connectivity index (χ0n) is 21.3. The Labute approximate surface area is 202 Å². The van der Waals surface area contributed by atoms with Crippen LogP contribution in [0.15, 0.2) is 42.5 Å². The van der Waals surface area contributed by atoms with Gasteiger partial charge in [0.1, 0.15) is 11.6 Å². The first-order valence-corrected chi connectivity index (χ1v) is 11.8. The molecule has 3 N–H and O–H groups in total. The number of benzene rings is 2. The predicted octanol–water partition coefficient (Wildman–Crippen LogP) is 4.61. The molecule has 0 spiro atoms. The fraction of sp³-hybridized carbons (Fsp3) is 0.464. The van der Waals surface area contributed by atoms with E-state index in [4.69, 9.17) is 5.41 Å². The smallest absolute Gasteiger partial charge is 0.225 e. The Balaban J connectivity index is 1.96. The van der Waals surface area contributed by atoms with Gasteiger partial charge >= 0.3 is 0 Å². The molecule has 6 nitrogen and oxygen atoms in total. The molecule has 0 radical (unpaired) electrons. The van der Waals surface area contributed by atoms with Crippen molar-refractivity contribution < 1.29 is 14.7 Å². The van der Waals surface area contributed by atoms with Gasteiger partial charge in [-0.25, -0.2) is 0 Å². The minimum Gasteiger partial charge on any atom is -0.507 e. The van der Waals surface area contributed by atoms with E-state index in [0.29, 0.717) is 12.1 Å². The van der Waals surface area contributed by atoms with Gasteiger partial charge in [-0.05, 0) is 28.5 Å². The Kier molecular flexibility index (Phi) is 6.92. The fourth-order valence-electron chi connectivity index (χ4n) is 4.65. The monoisotopic (exact) mass is 463 g/mol. The third kappa shape index (κ3) is 5.01. The highest BCUT2D eigenvalue weighted by molar-refractivity contribution is 6.03. The van der Waals surface area contributed by atoms with Gasteiger partial charge in [-0.1, -0.05) is 71.9 Å². The molecule has 1 fully saturated rings. The van der Waals surface area contributed by atoms with Crippen LogP contribution < -0.4 is 5.32 Å². The van der Waals surface area contributed by atoms with Crippen LogP contribution >= 0.6 is 0 Å². The number of amidine groups is 1. The Morgan fingerprint density at radius 2 is 1.56 bits per heavy atom. The lowest BCUT2D eigenvalue weighted by atomic mass is 9.78. The average Bonchev–Trinajstić information content (AvgIpc) is 3.08. The number of likely N-dealkylation sites (tertiary alicyclic amines) is 1. The number of Topliss-reactive ketones (excluding diaryl/α,β-unsaturated/α-hetero) is 1. The molecular formula is C28H37N3O3. The highest BCUT2D eigenvalue weighted by Crippen LogP contribution is 2.40. The summed E-state index contributed by atoms with van der Waals surface area (Å²) in [5.41, 5.74) is 2.17. The molecule has 1 aliphatic rings.